The first kappa shape index (κ1) is 17.1. The Labute approximate surface area is 137 Å². The second-order valence-electron chi connectivity index (χ2n) is 6.55. The maximum atomic E-state index is 12.4. The fourth-order valence-electron chi connectivity index (χ4n) is 2.64. The number of likely N-dealkylation sites (tertiary alicyclic amines) is 1. The molecule has 0 bridgehead atoms. The first-order valence-electron chi connectivity index (χ1n) is 7.99. The van der Waals surface area contributed by atoms with Gasteiger partial charge in [-0.3, -0.25) is 0 Å². The summed E-state index contributed by atoms with van der Waals surface area (Å²) in [4.78, 5) is 18.8. The van der Waals surface area contributed by atoms with E-state index in [1.807, 2.05) is 37.9 Å². The number of amides is 1. The minimum Gasteiger partial charge on any atom is -0.444 e. The Morgan fingerprint density at radius 3 is 2.77 bits per heavy atom. The third-order valence-electron chi connectivity index (χ3n) is 3.57. The lowest BCUT2D eigenvalue weighted by Gasteiger charge is -2.36. The van der Waals surface area contributed by atoms with E-state index in [0.29, 0.717) is 0 Å². The number of piperidine rings is 1. The van der Waals surface area contributed by atoms with E-state index in [4.69, 9.17) is 4.74 Å². The monoisotopic (exact) mass is 322 g/mol. The number of aromatic nitrogens is 1. The molecule has 1 aliphatic rings. The van der Waals surface area contributed by atoms with Gasteiger partial charge in [-0.15, -0.1) is 11.8 Å². The van der Waals surface area contributed by atoms with Gasteiger partial charge >= 0.3 is 6.09 Å². The Hall–Kier alpha value is -1.23. The molecule has 1 amide bonds. The van der Waals surface area contributed by atoms with Crippen molar-refractivity contribution < 1.29 is 9.53 Å². The van der Waals surface area contributed by atoms with Gasteiger partial charge in [0.2, 0.25) is 0 Å². The van der Waals surface area contributed by atoms with Gasteiger partial charge in [-0.1, -0.05) is 13.0 Å². The summed E-state index contributed by atoms with van der Waals surface area (Å²) in [6.07, 6.45) is 4.83. The second kappa shape index (κ2) is 7.36. The highest BCUT2D eigenvalue weighted by Gasteiger charge is 2.31. The molecule has 1 fully saturated rings. The van der Waals surface area contributed by atoms with Crippen LogP contribution in [0.2, 0.25) is 0 Å². The fraction of sp³-hybridized carbons (Fsp3) is 0.647. The van der Waals surface area contributed by atoms with Crippen molar-refractivity contribution >= 4 is 17.9 Å². The van der Waals surface area contributed by atoms with E-state index in [9.17, 15) is 4.79 Å². The zero-order valence-electron chi connectivity index (χ0n) is 14.0. The Kier molecular flexibility index (Phi) is 5.73. The molecule has 0 saturated carbocycles. The van der Waals surface area contributed by atoms with E-state index in [0.717, 1.165) is 42.1 Å². The molecule has 122 valence electrons. The Balaban J connectivity index is 2.13. The van der Waals surface area contributed by atoms with E-state index < -0.39 is 5.60 Å². The number of carbonyl (C=O) groups is 1. The van der Waals surface area contributed by atoms with Gasteiger partial charge in [-0.25, -0.2) is 9.78 Å². The van der Waals surface area contributed by atoms with Crippen LogP contribution in [0.15, 0.2) is 23.4 Å². The molecule has 2 rings (SSSR count). The highest BCUT2D eigenvalue weighted by molar-refractivity contribution is 7.99. The molecule has 1 saturated heterocycles. The van der Waals surface area contributed by atoms with Gasteiger partial charge < -0.3 is 9.64 Å². The van der Waals surface area contributed by atoms with Gasteiger partial charge in [0.1, 0.15) is 5.60 Å². The van der Waals surface area contributed by atoms with Gasteiger partial charge in [0.25, 0.3) is 0 Å². The number of carbonyl (C=O) groups excluding carboxylic acids is 1. The molecule has 22 heavy (non-hydrogen) atoms. The minimum atomic E-state index is -0.459. The first-order valence-corrected chi connectivity index (χ1v) is 8.97. The summed E-state index contributed by atoms with van der Waals surface area (Å²) in [5.41, 5.74) is 0.643. The molecule has 2 heterocycles. The van der Waals surface area contributed by atoms with Crippen LogP contribution in [0.4, 0.5) is 4.79 Å². The van der Waals surface area contributed by atoms with Crippen LogP contribution >= 0.6 is 11.8 Å². The lowest BCUT2D eigenvalue weighted by molar-refractivity contribution is 0.00947. The molecule has 0 unspecified atom stereocenters. The van der Waals surface area contributed by atoms with Crippen LogP contribution in [0.25, 0.3) is 0 Å². The zero-order valence-corrected chi connectivity index (χ0v) is 14.8. The van der Waals surface area contributed by atoms with Crippen molar-refractivity contribution in [2.75, 3.05) is 12.3 Å². The zero-order chi connectivity index (χ0) is 16.2. The summed E-state index contributed by atoms with van der Waals surface area (Å²) in [5.74, 6) is 1.01. The lowest BCUT2D eigenvalue weighted by Crippen LogP contribution is -2.41. The second-order valence-corrected chi connectivity index (χ2v) is 7.83. The Morgan fingerprint density at radius 1 is 1.41 bits per heavy atom. The topological polar surface area (TPSA) is 42.4 Å². The van der Waals surface area contributed by atoms with Crippen LogP contribution in [0.3, 0.4) is 0 Å². The molecule has 0 spiro atoms. The molecule has 0 radical (unpaired) electrons. The van der Waals surface area contributed by atoms with Gasteiger partial charge in [0, 0.05) is 12.7 Å². The average Bonchev–Trinajstić information content (AvgIpc) is 2.47. The molecule has 5 heteroatoms. The third-order valence-corrected chi connectivity index (χ3v) is 4.39. The molecule has 4 nitrogen and oxygen atoms in total. The summed E-state index contributed by atoms with van der Waals surface area (Å²) in [6, 6.07) is 4.22. The number of nitrogens with zero attached hydrogens (tertiary/aromatic N) is 2. The van der Waals surface area contributed by atoms with Crippen LogP contribution in [0.5, 0.6) is 0 Å². The summed E-state index contributed by atoms with van der Waals surface area (Å²) < 4.78 is 5.55. The molecule has 1 aromatic rings. The minimum absolute atomic E-state index is 0.0803. The van der Waals surface area contributed by atoms with E-state index in [2.05, 4.69) is 18.0 Å². The average molecular weight is 322 g/mol. The number of ether oxygens (including phenoxy) is 1. The van der Waals surface area contributed by atoms with Crippen LogP contribution in [0.1, 0.15) is 58.6 Å². The van der Waals surface area contributed by atoms with Gasteiger partial charge in [-0.2, -0.15) is 0 Å². The quantitative estimate of drug-likeness (QED) is 0.759. The van der Waals surface area contributed by atoms with Crippen LogP contribution in [-0.4, -0.2) is 33.9 Å². The summed E-state index contributed by atoms with van der Waals surface area (Å²) in [7, 11) is 0. The summed E-state index contributed by atoms with van der Waals surface area (Å²) in [5, 5.41) is 1.03. The Morgan fingerprint density at radius 2 is 2.18 bits per heavy atom. The lowest BCUT2D eigenvalue weighted by atomic mass is 9.97. The number of hydrogen-bond donors (Lipinski definition) is 0. The van der Waals surface area contributed by atoms with Crippen LogP contribution in [-0.2, 0) is 4.74 Å². The van der Waals surface area contributed by atoms with E-state index in [-0.39, 0.29) is 12.1 Å². The molecular weight excluding hydrogens is 296 g/mol. The van der Waals surface area contributed by atoms with Crippen molar-refractivity contribution in [2.45, 2.75) is 63.6 Å². The predicted octanol–water partition coefficient (Wildman–Crippen LogP) is 4.66. The molecule has 0 N–H and O–H groups in total. The Bertz CT molecular complexity index is 496. The van der Waals surface area contributed by atoms with Gasteiger partial charge in [0.15, 0.2) is 0 Å². The SMILES string of the molecule is CCSc1ccc([C@@H]2CCCCN2C(=O)OC(C)(C)C)cn1. The number of pyridine rings is 1. The third kappa shape index (κ3) is 4.63. The molecule has 0 aromatic carbocycles. The highest BCUT2D eigenvalue weighted by Crippen LogP contribution is 2.32. The predicted molar refractivity (Wildman–Crippen MR) is 90.2 cm³/mol. The van der Waals surface area contributed by atoms with Gasteiger partial charge in [0.05, 0.1) is 11.1 Å². The molecule has 1 aliphatic heterocycles. The summed E-state index contributed by atoms with van der Waals surface area (Å²) in [6.45, 7) is 8.59. The largest absolute Gasteiger partial charge is 0.444 e. The normalized spacial score (nSPS) is 19.1. The number of hydrogen-bond acceptors (Lipinski definition) is 4. The van der Waals surface area contributed by atoms with Crippen molar-refractivity contribution in [3.05, 3.63) is 23.9 Å². The van der Waals surface area contributed by atoms with Crippen molar-refractivity contribution in [3.8, 4) is 0 Å². The van der Waals surface area contributed by atoms with Crippen LogP contribution in [0, 0.1) is 0 Å². The fourth-order valence-corrected chi connectivity index (χ4v) is 3.23. The van der Waals surface area contributed by atoms with Gasteiger partial charge in [-0.05, 0) is 57.4 Å². The molecule has 1 atom stereocenters. The maximum absolute atomic E-state index is 12.4. The van der Waals surface area contributed by atoms with Crippen molar-refractivity contribution in [1.29, 1.82) is 0 Å². The number of thioether (sulfide) groups is 1. The molecule has 0 aliphatic carbocycles. The van der Waals surface area contributed by atoms with E-state index in [1.54, 1.807) is 11.8 Å². The van der Waals surface area contributed by atoms with Crippen molar-refractivity contribution in [2.24, 2.45) is 0 Å². The smallest absolute Gasteiger partial charge is 0.410 e. The number of rotatable bonds is 3. The molecular formula is C17H26N2O2S. The summed E-state index contributed by atoms with van der Waals surface area (Å²) >= 11 is 1.73. The van der Waals surface area contributed by atoms with E-state index >= 15 is 0 Å². The van der Waals surface area contributed by atoms with Crippen molar-refractivity contribution in [3.63, 3.8) is 0 Å². The first-order chi connectivity index (χ1) is 10.4. The van der Waals surface area contributed by atoms with Crippen LogP contribution < -0.4 is 0 Å². The van der Waals surface area contributed by atoms with Crippen molar-refractivity contribution in [1.82, 2.24) is 9.88 Å². The highest BCUT2D eigenvalue weighted by atomic mass is 32.2. The molecule has 1 aromatic heterocycles. The standard InChI is InChI=1S/C17H26N2O2S/c1-5-22-15-10-9-13(12-18-15)14-8-6-7-11-19(14)16(20)21-17(2,3)4/h9-10,12,14H,5-8,11H2,1-4H3/t14-/m0/s1. The van der Waals surface area contributed by atoms with E-state index in [1.165, 1.54) is 0 Å². The maximum Gasteiger partial charge on any atom is 0.410 e.